The molecule has 1 heterocycles. The lowest BCUT2D eigenvalue weighted by molar-refractivity contribution is -0.121. The number of hydrogen-bond acceptors (Lipinski definition) is 4. The summed E-state index contributed by atoms with van der Waals surface area (Å²) in [6, 6.07) is 9.33. The zero-order chi connectivity index (χ0) is 17.4. The Labute approximate surface area is 138 Å². The van der Waals surface area contributed by atoms with Gasteiger partial charge in [-0.1, -0.05) is 18.2 Å². The predicted octanol–water partition coefficient (Wildman–Crippen LogP) is 2.47. The van der Waals surface area contributed by atoms with E-state index in [0.717, 1.165) is 5.56 Å². The normalized spacial score (nSPS) is 12.0. The van der Waals surface area contributed by atoms with E-state index in [-0.39, 0.29) is 18.2 Å². The molecule has 0 unspecified atom stereocenters. The Hall–Kier alpha value is -2.54. The highest BCUT2D eigenvalue weighted by Crippen LogP contribution is 2.19. The third kappa shape index (κ3) is 5.92. The van der Waals surface area contributed by atoms with E-state index in [1.54, 1.807) is 18.5 Å². The van der Waals surface area contributed by atoms with Crippen molar-refractivity contribution >= 4 is 5.91 Å². The number of carbonyl (C=O) groups is 1. The summed E-state index contributed by atoms with van der Waals surface area (Å²) in [6.45, 7) is -2.85. The molecule has 7 heteroatoms. The van der Waals surface area contributed by atoms with Gasteiger partial charge in [0.2, 0.25) is 5.91 Å². The van der Waals surface area contributed by atoms with E-state index in [1.165, 1.54) is 24.3 Å². The smallest absolute Gasteiger partial charge is 0.387 e. The summed E-state index contributed by atoms with van der Waals surface area (Å²) in [5, 5.41) is 12.7. The second kappa shape index (κ2) is 8.93. The summed E-state index contributed by atoms with van der Waals surface area (Å²) in [7, 11) is 0. The van der Waals surface area contributed by atoms with Crippen molar-refractivity contribution < 1.29 is 23.4 Å². The van der Waals surface area contributed by atoms with Gasteiger partial charge in [-0.05, 0) is 35.7 Å². The quantitative estimate of drug-likeness (QED) is 0.777. The van der Waals surface area contributed by atoms with Crippen LogP contribution in [0.3, 0.4) is 0 Å². The van der Waals surface area contributed by atoms with Crippen molar-refractivity contribution in [3.8, 4) is 5.75 Å². The van der Waals surface area contributed by atoms with Crippen molar-refractivity contribution in [1.82, 2.24) is 10.3 Å². The first kappa shape index (κ1) is 17.8. The molecule has 5 nitrogen and oxygen atoms in total. The first-order valence-electron chi connectivity index (χ1n) is 7.43. The fourth-order valence-corrected chi connectivity index (χ4v) is 2.09. The zero-order valence-electron chi connectivity index (χ0n) is 12.9. The highest BCUT2D eigenvalue weighted by atomic mass is 19.3. The number of pyridine rings is 1. The first-order valence-corrected chi connectivity index (χ1v) is 7.43. The molecule has 0 aliphatic heterocycles. The average molecular weight is 336 g/mol. The standard InChI is InChI=1S/C17H18F2N2O3/c18-17(19)24-14-6-4-13(5-7-14)15(22)11-21-16(23)8-3-12-2-1-9-20-10-12/h1-2,4-7,9-10,15,17,22H,3,8,11H2,(H,21,23)/t15-/m1/s1. The number of carbonyl (C=O) groups excluding carboxylic acids is 1. The monoisotopic (exact) mass is 336 g/mol. The molecule has 0 bridgehead atoms. The summed E-state index contributed by atoms with van der Waals surface area (Å²) in [5.74, 6) is -0.169. The largest absolute Gasteiger partial charge is 0.435 e. The molecule has 2 rings (SSSR count). The number of aryl methyl sites for hydroxylation is 1. The first-order chi connectivity index (χ1) is 11.5. The van der Waals surface area contributed by atoms with E-state index >= 15 is 0 Å². The minimum Gasteiger partial charge on any atom is -0.435 e. The number of aliphatic hydroxyl groups excluding tert-OH is 1. The molecule has 0 aliphatic rings. The minimum atomic E-state index is -2.89. The maximum atomic E-state index is 12.1. The van der Waals surface area contributed by atoms with E-state index in [4.69, 9.17) is 0 Å². The van der Waals surface area contributed by atoms with Gasteiger partial charge in [0, 0.05) is 25.4 Å². The topological polar surface area (TPSA) is 71.5 Å². The number of hydrogen-bond donors (Lipinski definition) is 2. The Balaban J connectivity index is 1.75. The molecule has 2 aromatic rings. The molecule has 0 fully saturated rings. The van der Waals surface area contributed by atoms with E-state index < -0.39 is 12.7 Å². The minimum absolute atomic E-state index is 0.0152. The van der Waals surface area contributed by atoms with Crippen LogP contribution >= 0.6 is 0 Å². The van der Waals surface area contributed by atoms with Crippen molar-refractivity contribution in [1.29, 1.82) is 0 Å². The van der Waals surface area contributed by atoms with Gasteiger partial charge in [-0.25, -0.2) is 0 Å². The molecule has 1 atom stereocenters. The van der Waals surface area contributed by atoms with Gasteiger partial charge in [-0.15, -0.1) is 0 Å². The van der Waals surface area contributed by atoms with Gasteiger partial charge in [-0.3, -0.25) is 9.78 Å². The molecule has 1 aromatic heterocycles. The summed E-state index contributed by atoms with van der Waals surface area (Å²) < 4.78 is 28.4. The van der Waals surface area contributed by atoms with E-state index in [2.05, 4.69) is 15.0 Å². The maximum Gasteiger partial charge on any atom is 0.387 e. The Morgan fingerprint density at radius 1 is 1.25 bits per heavy atom. The number of alkyl halides is 2. The summed E-state index contributed by atoms with van der Waals surface area (Å²) in [4.78, 5) is 15.8. The third-order valence-electron chi connectivity index (χ3n) is 3.35. The van der Waals surface area contributed by atoms with Crippen molar-refractivity contribution in [3.05, 3.63) is 59.9 Å². The molecule has 0 radical (unpaired) electrons. The molecule has 0 saturated heterocycles. The van der Waals surface area contributed by atoms with Gasteiger partial charge in [0.15, 0.2) is 0 Å². The molecule has 0 spiro atoms. The number of aliphatic hydroxyl groups is 1. The Kier molecular flexibility index (Phi) is 6.62. The fourth-order valence-electron chi connectivity index (χ4n) is 2.09. The molecule has 128 valence electrons. The number of ether oxygens (including phenoxy) is 1. The number of amides is 1. The molecule has 24 heavy (non-hydrogen) atoms. The molecule has 0 saturated carbocycles. The molecule has 0 aliphatic carbocycles. The van der Waals surface area contributed by atoms with Crippen LogP contribution in [0, 0.1) is 0 Å². The van der Waals surface area contributed by atoms with Crippen LogP contribution in [0.2, 0.25) is 0 Å². The lowest BCUT2D eigenvalue weighted by atomic mass is 10.1. The van der Waals surface area contributed by atoms with Crippen LogP contribution in [-0.2, 0) is 11.2 Å². The van der Waals surface area contributed by atoms with Crippen LogP contribution in [0.5, 0.6) is 5.75 Å². The van der Waals surface area contributed by atoms with Crippen molar-refractivity contribution in [2.45, 2.75) is 25.6 Å². The van der Waals surface area contributed by atoms with Crippen LogP contribution in [0.15, 0.2) is 48.8 Å². The summed E-state index contributed by atoms with van der Waals surface area (Å²) >= 11 is 0. The number of aromatic nitrogens is 1. The highest BCUT2D eigenvalue weighted by molar-refractivity contribution is 5.76. The molecular formula is C17H18F2N2O3. The van der Waals surface area contributed by atoms with Crippen LogP contribution in [0.25, 0.3) is 0 Å². The zero-order valence-corrected chi connectivity index (χ0v) is 12.9. The molecule has 1 aromatic carbocycles. The van der Waals surface area contributed by atoms with Crippen molar-refractivity contribution in [2.75, 3.05) is 6.54 Å². The van der Waals surface area contributed by atoms with Gasteiger partial charge < -0.3 is 15.2 Å². The van der Waals surface area contributed by atoms with E-state index in [1.807, 2.05) is 6.07 Å². The second-order valence-corrected chi connectivity index (χ2v) is 5.13. The van der Waals surface area contributed by atoms with Gasteiger partial charge in [0.25, 0.3) is 0 Å². The number of benzene rings is 1. The lowest BCUT2D eigenvalue weighted by Crippen LogP contribution is -2.28. The van der Waals surface area contributed by atoms with Crippen LogP contribution in [0.1, 0.15) is 23.7 Å². The number of nitrogens with zero attached hydrogens (tertiary/aromatic N) is 1. The van der Waals surface area contributed by atoms with Crippen LogP contribution < -0.4 is 10.1 Å². The van der Waals surface area contributed by atoms with Crippen molar-refractivity contribution in [3.63, 3.8) is 0 Å². The number of nitrogens with one attached hydrogen (secondary N) is 1. The molecule has 1 amide bonds. The average Bonchev–Trinajstić information content (AvgIpc) is 2.59. The Morgan fingerprint density at radius 2 is 2.00 bits per heavy atom. The number of halogens is 2. The number of rotatable bonds is 8. The summed E-state index contributed by atoms with van der Waals surface area (Å²) in [5.41, 5.74) is 1.46. The van der Waals surface area contributed by atoms with E-state index in [0.29, 0.717) is 18.4 Å². The van der Waals surface area contributed by atoms with E-state index in [9.17, 15) is 18.7 Å². The maximum absolute atomic E-state index is 12.1. The van der Waals surface area contributed by atoms with Crippen molar-refractivity contribution in [2.24, 2.45) is 0 Å². The third-order valence-corrected chi connectivity index (χ3v) is 3.35. The Morgan fingerprint density at radius 3 is 2.62 bits per heavy atom. The highest BCUT2D eigenvalue weighted by Gasteiger charge is 2.11. The lowest BCUT2D eigenvalue weighted by Gasteiger charge is -2.13. The molecular weight excluding hydrogens is 318 g/mol. The summed E-state index contributed by atoms with van der Waals surface area (Å²) in [6.07, 6.45) is 3.30. The van der Waals surface area contributed by atoms with Gasteiger partial charge >= 0.3 is 6.61 Å². The van der Waals surface area contributed by atoms with Gasteiger partial charge in [-0.2, -0.15) is 8.78 Å². The van der Waals surface area contributed by atoms with Crippen LogP contribution in [-0.4, -0.2) is 29.2 Å². The second-order valence-electron chi connectivity index (χ2n) is 5.13. The SMILES string of the molecule is O=C(CCc1cccnc1)NC[C@@H](O)c1ccc(OC(F)F)cc1. The predicted molar refractivity (Wildman–Crippen MR) is 83.6 cm³/mol. The Bertz CT molecular complexity index is 636. The van der Waals surface area contributed by atoms with Gasteiger partial charge in [0.1, 0.15) is 5.75 Å². The van der Waals surface area contributed by atoms with Gasteiger partial charge in [0.05, 0.1) is 6.10 Å². The van der Waals surface area contributed by atoms with Crippen LogP contribution in [0.4, 0.5) is 8.78 Å². The molecule has 2 N–H and O–H groups in total. The fraction of sp³-hybridized carbons (Fsp3) is 0.294.